The third kappa shape index (κ3) is 4.57. The van der Waals surface area contributed by atoms with E-state index in [9.17, 15) is 0 Å². The molecule has 0 aromatic heterocycles. The molecule has 2 rings (SSSR count). The molecule has 1 nitrogen and oxygen atoms in total. The Bertz CT molecular complexity index is 232. The van der Waals surface area contributed by atoms with Crippen molar-refractivity contribution in [1.29, 1.82) is 0 Å². The van der Waals surface area contributed by atoms with Gasteiger partial charge in [0.05, 0.1) is 0 Å². The fraction of sp³-hybridized carbons (Fsp3) is 1.00. The lowest BCUT2D eigenvalue weighted by molar-refractivity contribution is 0.327. The molecule has 3 atom stereocenters. The molecule has 2 aliphatic carbocycles. The van der Waals surface area contributed by atoms with E-state index in [2.05, 4.69) is 26.1 Å². The molecule has 0 aromatic rings. The highest BCUT2D eigenvalue weighted by molar-refractivity contribution is 4.83. The first-order chi connectivity index (χ1) is 8.69. The minimum atomic E-state index is 0.804. The summed E-state index contributed by atoms with van der Waals surface area (Å²) in [7, 11) is 0. The van der Waals surface area contributed by atoms with E-state index in [1.54, 1.807) is 0 Å². The lowest BCUT2D eigenvalue weighted by Crippen LogP contribution is -2.38. The van der Waals surface area contributed by atoms with Crippen LogP contribution in [-0.4, -0.2) is 12.1 Å². The van der Waals surface area contributed by atoms with Crippen molar-refractivity contribution in [2.45, 2.75) is 90.6 Å². The van der Waals surface area contributed by atoms with Crippen LogP contribution in [0.5, 0.6) is 0 Å². The minimum Gasteiger partial charge on any atom is -0.311 e. The summed E-state index contributed by atoms with van der Waals surface area (Å²) < 4.78 is 0. The maximum atomic E-state index is 3.98. The number of hydrogen-bond acceptors (Lipinski definition) is 1. The van der Waals surface area contributed by atoms with Crippen LogP contribution in [0.25, 0.3) is 0 Å². The zero-order valence-electron chi connectivity index (χ0n) is 12.8. The number of nitrogens with one attached hydrogen (secondary N) is 1. The zero-order valence-corrected chi connectivity index (χ0v) is 12.8. The van der Waals surface area contributed by atoms with Gasteiger partial charge in [0, 0.05) is 12.1 Å². The van der Waals surface area contributed by atoms with Gasteiger partial charge in [-0.1, -0.05) is 46.5 Å². The molecule has 3 unspecified atom stereocenters. The average Bonchev–Trinajstić information content (AvgIpc) is 3.15. The Morgan fingerprint density at radius 1 is 1.00 bits per heavy atom. The number of rotatable bonds is 6. The molecular formula is C17H33N. The zero-order chi connectivity index (χ0) is 13.0. The fourth-order valence-electron chi connectivity index (χ4n) is 3.61. The van der Waals surface area contributed by atoms with Crippen LogP contribution in [0.2, 0.25) is 0 Å². The van der Waals surface area contributed by atoms with Gasteiger partial charge in [0.25, 0.3) is 0 Å². The van der Waals surface area contributed by atoms with E-state index in [0.717, 1.165) is 29.8 Å². The van der Waals surface area contributed by atoms with Crippen molar-refractivity contribution in [3.8, 4) is 0 Å². The van der Waals surface area contributed by atoms with Gasteiger partial charge in [-0.15, -0.1) is 0 Å². The van der Waals surface area contributed by atoms with Gasteiger partial charge in [0.2, 0.25) is 0 Å². The highest BCUT2D eigenvalue weighted by atomic mass is 14.9. The SMILES string of the molecule is CCC(CC1CC1)NC1CCCC(C(C)C)CC1. The predicted octanol–water partition coefficient (Wildman–Crippen LogP) is 4.76. The second-order valence-corrected chi connectivity index (χ2v) is 7.16. The van der Waals surface area contributed by atoms with E-state index >= 15 is 0 Å². The Labute approximate surface area is 114 Å². The van der Waals surface area contributed by atoms with Gasteiger partial charge >= 0.3 is 0 Å². The van der Waals surface area contributed by atoms with Crippen molar-refractivity contribution < 1.29 is 0 Å². The smallest absolute Gasteiger partial charge is 0.00697 e. The van der Waals surface area contributed by atoms with Crippen molar-refractivity contribution in [1.82, 2.24) is 5.32 Å². The molecule has 1 heteroatoms. The third-order valence-corrected chi connectivity index (χ3v) is 5.24. The molecule has 18 heavy (non-hydrogen) atoms. The maximum absolute atomic E-state index is 3.98. The van der Waals surface area contributed by atoms with Crippen LogP contribution in [0.4, 0.5) is 0 Å². The van der Waals surface area contributed by atoms with E-state index < -0.39 is 0 Å². The fourth-order valence-corrected chi connectivity index (χ4v) is 3.61. The molecule has 2 saturated carbocycles. The van der Waals surface area contributed by atoms with Crippen LogP contribution in [0, 0.1) is 17.8 Å². The molecule has 0 spiro atoms. The summed E-state index contributed by atoms with van der Waals surface area (Å²) in [6, 6.07) is 1.62. The largest absolute Gasteiger partial charge is 0.311 e. The lowest BCUT2D eigenvalue weighted by Gasteiger charge is -2.24. The Morgan fingerprint density at radius 3 is 2.39 bits per heavy atom. The molecule has 0 aromatic carbocycles. The molecule has 106 valence electrons. The Balaban J connectivity index is 1.74. The van der Waals surface area contributed by atoms with E-state index in [1.165, 1.54) is 57.8 Å². The minimum absolute atomic E-state index is 0.804. The summed E-state index contributed by atoms with van der Waals surface area (Å²) in [5.74, 6) is 2.94. The first-order valence-electron chi connectivity index (χ1n) is 8.45. The monoisotopic (exact) mass is 251 g/mol. The Morgan fingerprint density at radius 2 is 1.78 bits per heavy atom. The van der Waals surface area contributed by atoms with E-state index in [4.69, 9.17) is 0 Å². The molecule has 2 fully saturated rings. The Hall–Kier alpha value is -0.0400. The van der Waals surface area contributed by atoms with Gasteiger partial charge in [-0.2, -0.15) is 0 Å². The summed E-state index contributed by atoms with van der Waals surface area (Å²) in [5, 5.41) is 3.98. The van der Waals surface area contributed by atoms with Crippen molar-refractivity contribution in [3.05, 3.63) is 0 Å². The van der Waals surface area contributed by atoms with Crippen LogP contribution < -0.4 is 5.32 Å². The molecule has 0 radical (unpaired) electrons. The topological polar surface area (TPSA) is 12.0 Å². The van der Waals surface area contributed by atoms with Crippen LogP contribution in [0.1, 0.15) is 78.6 Å². The molecule has 0 amide bonds. The highest BCUT2D eigenvalue weighted by Gasteiger charge is 2.27. The first-order valence-corrected chi connectivity index (χ1v) is 8.45. The van der Waals surface area contributed by atoms with Crippen molar-refractivity contribution >= 4 is 0 Å². The Kier molecular flexibility index (Phi) is 5.54. The van der Waals surface area contributed by atoms with Crippen LogP contribution in [-0.2, 0) is 0 Å². The molecule has 1 N–H and O–H groups in total. The van der Waals surface area contributed by atoms with Gasteiger partial charge < -0.3 is 5.32 Å². The van der Waals surface area contributed by atoms with Gasteiger partial charge in [0.1, 0.15) is 0 Å². The quantitative estimate of drug-likeness (QED) is 0.671. The summed E-state index contributed by atoms with van der Waals surface area (Å²) in [6.45, 7) is 7.16. The summed E-state index contributed by atoms with van der Waals surface area (Å²) >= 11 is 0. The van der Waals surface area contributed by atoms with Crippen molar-refractivity contribution in [2.75, 3.05) is 0 Å². The second-order valence-electron chi connectivity index (χ2n) is 7.16. The van der Waals surface area contributed by atoms with Crippen LogP contribution in [0.3, 0.4) is 0 Å². The van der Waals surface area contributed by atoms with Gasteiger partial charge in [-0.25, -0.2) is 0 Å². The average molecular weight is 251 g/mol. The van der Waals surface area contributed by atoms with Gasteiger partial charge in [-0.3, -0.25) is 0 Å². The molecule has 0 aliphatic heterocycles. The molecule has 2 aliphatic rings. The molecule has 0 heterocycles. The summed E-state index contributed by atoms with van der Waals surface area (Å²) in [5.41, 5.74) is 0. The van der Waals surface area contributed by atoms with Crippen LogP contribution in [0.15, 0.2) is 0 Å². The van der Waals surface area contributed by atoms with E-state index in [-0.39, 0.29) is 0 Å². The highest BCUT2D eigenvalue weighted by Crippen LogP contribution is 2.35. The molecule has 0 bridgehead atoms. The number of hydrogen-bond donors (Lipinski definition) is 1. The summed E-state index contributed by atoms with van der Waals surface area (Å²) in [6.07, 6.45) is 13.0. The first kappa shape index (κ1) is 14.4. The normalized spacial score (nSPS) is 31.3. The standard InChI is InChI=1S/C17H33N/c1-4-16(12-14-8-9-14)18-17-7-5-6-15(10-11-17)13(2)3/h13-18H,4-12H2,1-3H3. The molecule has 0 saturated heterocycles. The maximum Gasteiger partial charge on any atom is 0.00697 e. The van der Waals surface area contributed by atoms with Crippen molar-refractivity contribution in [2.24, 2.45) is 17.8 Å². The second kappa shape index (κ2) is 6.93. The summed E-state index contributed by atoms with van der Waals surface area (Å²) in [4.78, 5) is 0. The van der Waals surface area contributed by atoms with Crippen LogP contribution >= 0.6 is 0 Å². The van der Waals surface area contributed by atoms with E-state index in [1.807, 2.05) is 0 Å². The van der Waals surface area contributed by atoms with Gasteiger partial charge in [-0.05, 0) is 49.9 Å². The third-order valence-electron chi connectivity index (χ3n) is 5.24. The van der Waals surface area contributed by atoms with E-state index in [0.29, 0.717) is 0 Å². The molecular weight excluding hydrogens is 218 g/mol. The van der Waals surface area contributed by atoms with Gasteiger partial charge in [0.15, 0.2) is 0 Å². The lowest BCUT2D eigenvalue weighted by atomic mass is 9.89. The van der Waals surface area contributed by atoms with Crippen molar-refractivity contribution in [3.63, 3.8) is 0 Å². The predicted molar refractivity (Wildman–Crippen MR) is 79.8 cm³/mol.